The average Bonchev–Trinajstić information content (AvgIpc) is 2.50. The molecular formula is C17H24FN3. The number of nitrogens with zero attached hydrogens (tertiary/aromatic N) is 2. The van der Waals surface area contributed by atoms with Crippen molar-refractivity contribution >= 4 is 5.95 Å². The molecule has 0 aliphatic heterocycles. The SMILES string of the molecule is CC.CNc1nc(-c2ccc(F)cc2)c(C)c(C(C)C)n1. The van der Waals surface area contributed by atoms with Crippen LogP contribution in [0.15, 0.2) is 24.3 Å². The lowest BCUT2D eigenvalue weighted by atomic mass is 10.00. The van der Waals surface area contributed by atoms with E-state index in [-0.39, 0.29) is 5.82 Å². The topological polar surface area (TPSA) is 37.8 Å². The predicted molar refractivity (Wildman–Crippen MR) is 87.1 cm³/mol. The molecule has 3 nitrogen and oxygen atoms in total. The van der Waals surface area contributed by atoms with Crippen molar-refractivity contribution in [2.75, 3.05) is 12.4 Å². The molecule has 0 radical (unpaired) electrons. The second-order valence-corrected chi connectivity index (χ2v) is 4.82. The Morgan fingerprint density at radius 2 is 1.62 bits per heavy atom. The summed E-state index contributed by atoms with van der Waals surface area (Å²) in [5.41, 5.74) is 3.81. The second kappa shape index (κ2) is 7.72. The van der Waals surface area contributed by atoms with Crippen LogP contribution >= 0.6 is 0 Å². The van der Waals surface area contributed by atoms with Crippen LogP contribution in [0.1, 0.15) is 44.9 Å². The van der Waals surface area contributed by atoms with Crippen LogP contribution in [0.5, 0.6) is 0 Å². The fraction of sp³-hybridized carbons (Fsp3) is 0.412. The largest absolute Gasteiger partial charge is 0.357 e. The third-order valence-corrected chi connectivity index (χ3v) is 3.07. The van der Waals surface area contributed by atoms with E-state index in [1.54, 1.807) is 19.2 Å². The zero-order valence-electron chi connectivity index (χ0n) is 13.7. The molecule has 0 atom stereocenters. The van der Waals surface area contributed by atoms with Gasteiger partial charge in [-0.25, -0.2) is 14.4 Å². The maximum absolute atomic E-state index is 13.0. The number of halogens is 1. The number of hydrogen-bond acceptors (Lipinski definition) is 3. The first-order chi connectivity index (χ1) is 10.0. The van der Waals surface area contributed by atoms with E-state index < -0.39 is 0 Å². The van der Waals surface area contributed by atoms with Crippen molar-refractivity contribution in [3.63, 3.8) is 0 Å². The van der Waals surface area contributed by atoms with E-state index in [1.165, 1.54) is 12.1 Å². The molecule has 0 bridgehead atoms. The Bertz CT molecular complexity index is 577. The predicted octanol–water partition coefficient (Wildman–Crippen LogP) is 4.78. The Hall–Kier alpha value is -1.97. The van der Waals surface area contributed by atoms with Crippen molar-refractivity contribution < 1.29 is 4.39 Å². The van der Waals surface area contributed by atoms with Gasteiger partial charge in [0.15, 0.2) is 0 Å². The fourth-order valence-electron chi connectivity index (χ4n) is 2.10. The van der Waals surface area contributed by atoms with Gasteiger partial charge in [-0.2, -0.15) is 0 Å². The normalized spacial score (nSPS) is 10.1. The third-order valence-electron chi connectivity index (χ3n) is 3.07. The summed E-state index contributed by atoms with van der Waals surface area (Å²) in [6, 6.07) is 6.39. The molecular weight excluding hydrogens is 265 g/mol. The Morgan fingerprint density at radius 3 is 2.10 bits per heavy atom. The quantitative estimate of drug-likeness (QED) is 0.883. The molecule has 1 N–H and O–H groups in total. The molecule has 0 unspecified atom stereocenters. The van der Waals surface area contributed by atoms with Gasteiger partial charge in [-0.3, -0.25) is 0 Å². The first-order valence-electron chi connectivity index (χ1n) is 7.35. The highest BCUT2D eigenvalue weighted by Gasteiger charge is 2.14. The van der Waals surface area contributed by atoms with E-state index in [0.29, 0.717) is 11.9 Å². The average molecular weight is 289 g/mol. The molecule has 0 spiro atoms. The number of rotatable bonds is 3. The highest BCUT2D eigenvalue weighted by Crippen LogP contribution is 2.28. The molecule has 4 heteroatoms. The van der Waals surface area contributed by atoms with E-state index in [0.717, 1.165) is 22.5 Å². The Labute approximate surface area is 126 Å². The van der Waals surface area contributed by atoms with E-state index in [9.17, 15) is 4.39 Å². The zero-order chi connectivity index (χ0) is 16.0. The number of benzene rings is 1. The van der Waals surface area contributed by atoms with E-state index in [2.05, 4.69) is 29.1 Å². The maximum atomic E-state index is 13.0. The summed E-state index contributed by atoms with van der Waals surface area (Å²) in [6.45, 7) is 10.2. The smallest absolute Gasteiger partial charge is 0.223 e. The first-order valence-corrected chi connectivity index (χ1v) is 7.35. The van der Waals surface area contributed by atoms with Crippen molar-refractivity contribution in [1.29, 1.82) is 0 Å². The van der Waals surface area contributed by atoms with Gasteiger partial charge in [0.2, 0.25) is 5.95 Å². The molecule has 1 aromatic heterocycles. The molecule has 21 heavy (non-hydrogen) atoms. The number of anilines is 1. The molecule has 0 saturated heterocycles. The molecule has 0 saturated carbocycles. The Kier molecular flexibility index (Phi) is 6.28. The summed E-state index contributed by atoms with van der Waals surface area (Å²) in [5, 5.41) is 2.97. The van der Waals surface area contributed by atoms with Crippen LogP contribution in [0.3, 0.4) is 0 Å². The van der Waals surface area contributed by atoms with Gasteiger partial charge in [-0.15, -0.1) is 0 Å². The van der Waals surface area contributed by atoms with Gasteiger partial charge < -0.3 is 5.32 Å². The molecule has 1 aromatic carbocycles. The van der Waals surface area contributed by atoms with Gasteiger partial charge in [0, 0.05) is 12.6 Å². The maximum Gasteiger partial charge on any atom is 0.223 e. The van der Waals surface area contributed by atoms with Gasteiger partial charge >= 0.3 is 0 Å². The van der Waals surface area contributed by atoms with Crippen LogP contribution in [-0.2, 0) is 0 Å². The summed E-state index contributed by atoms with van der Waals surface area (Å²) in [5.74, 6) is 0.663. The van der Waals surface area contributed by atoms with Crippen LogP contribution in [0.2, 0.25) is 0 Å². The molecule has 2 rings (SSSR count). The van der Waals surface area contributed by atoms with Gasteiger partial charge in [0.05, 0.1) is 11.4 Å². The molecule has 0 aliphatic rings. The Morgan fingerprint density at radius 1 is 1.05 bits per heavy atom. The molecule has 0 fully saturated rings. The lowest BCUT2D eigenvalue weighted by Crippen LogP contribution is -2.06. The highest BCUT2D eigenvalue weighted by atomic mass is 19.1. The van der Waals surface area contributed by atoms with Crippen LogP contribution < -0.4 is 5.32 Å². The van der Waals surface area contributed by atoms with Gasteiger partial charge in [-0.05, 0) is 42.7 Å². The van der Waals surface area contributed by atoms with Gasteiger partial charge in [-0.1, -0.05) is 27.7 Å². The van der Waals surface area contributed by atoms with E-state index in [1.807, 2.05) is 20.8 Å². The van der Waals surface area contributed by atoms with Crippen LogP contribution in [-0.4, -0.2) is 17.0 Å². The minimum absolute atomic E-state index is 0.242. The summed E-state index contributed by atoms with van der Waals surface area (Å²) in [6.07, 6.45) is 0. The number of hydrogen-bond donors (Lipinski definition) is 1. The Balaban J connectivity index is 0.00000106. The van der Waals surface area contributed by atoms with Gasteiger partial charge in [0.1, 0.15) is 5.82 Å². The van der Waals surface area contributed by atoms with Gasteiger partial charge in [0.25, 0.3) is 0 Å². The molecule has 0 amide bonds. The van der Waals surface area contributed by atoms with Crippen molar-refractivity contribution in [2.24, 2.45) is 0 Å². The molecule has 1 heterocycles. The van der Waals surface area contributed by atoms with Crippen LogP contribution in [0.25, 0.3) is 11.3 Å². The summed E-state index contributed by atoms with van der Waals surface area (Å²) < 4.78 is 13.0. The molecule has 2 aromatic rings. The molecule has 114 valence electrons. The number of nitrogens with one attached hydrogen (secondary N) is 1. The first kappa shape index (κ1) is 17.1. The molecule has 0 aliphatic carbocycles. The fourth-order valence-corrected chi connectivity index (χ4v) is 2.10. The lowest BCUT2D eigenvalue weighted by molar-refractivity contribution is 0.628. The summed E-state index contributed by atoms with van der Waals surface area (Å²) in [4.78, 5) is 8.99. The standard InChI is InChI=1S/C15H18FN3.C2H6/c1-9(2)13-10(3)14(19-15(17-4)18-13)11-5-7-12(16)8-6-11;1-2/h5-9H,1-4H3,(H,17,18,19);1-2H3. The number of aromatic nitrogens is 2. The highest BCUT2D eigenvalue weighted by molar-refractivity contribution is 5.65. The van der Waals surface area contributed by atoms with Crippen molar-refractivity contribution in [3.05, 3.63) is 41.3 Å². The van der Waals surface area contributed by atoms with E-state index >= 15 is 0 Å². The van der Waals surface area contributed by atoms with Crippen LogP contribution in [0.4, 0.5) is 10.3 Å². The van der Waals surface area contributed by atoms with Crippen LogP contribution in [0, 0.1) is 12.7 Å². The lowest BCUT2D eigenvalue weighted by Gasteiger charge is -2.14. The minimum atomic E-state index is -0.242. The summed E-state index contributed by atoms with van der Waals surface area (Å²) in [7, 11) is 1.79. The monoisotopic (exact) mass is 289 g/mol. The van der Waals surface area contributed by atoms with Crippen molar-refractivity contribution in [1.82, 2.24) is 9.97 Å². The van der Waals surface area contributed by atoms with Crippen molar-refractivity contribution in [2.45, 2.75) is 40.5 Å². The van der Waals surface area contributed by atoms with E-state index in [4.69, 9.17) is 0 Å². The zero-order valence-corrected chi connectivity index (χ0v) is 13.7. The third kappa shape index (κ3) is 4.00. The minimum Gasteiger partial charge on any atom is -0.357 e. The second-order valence-electron chi connectivity index (χ2n) is 4.82. The van der Waals surface area contributed by atoms with Crippen molar-refractivity contribution in [3.8, 4) is 11.3 Å². The summed E-state index contributed by atoms with van der Waals surface area (Å²) >= 11 is 0.